The van der Waals surface area contributed by atoms with Crippen molar-refractivity contribution >= 4 is 11.9 Å². The molecule has 0 atom stereocenters. The highest BCUT2D eigenvalue weighted by Gasteiger charge is 2.18. The molecule has 2 N–H and O–H groups in total. The molecule has 1 fully saturated rings. The second-order valence-electron chi connectivity index (χ2n) is 5.73. The number of aromatic nitrogens is 1. The van der Waals surface area contributed by atoms with E-state index in [9.17, 15) is 4.79 Å². The van der Waals surface area contributed by atoms with E-state index in [-0.39, 0.29) is 5.91 Å². The van der Waals surface area contributed by atoms with E-state index < -0.39 is 0 Å². The fraction of sp³-hybridized carbons (Fsp3) is 0.588. The van der Waals surface area contributed by atoms with Crippen molar-refractivity contribution in [3.8, 4) is 0 Å². The lowest BCUT2D eigenvalue weighted by Crippen LogP contribution is -2.39. The van der Waals surface area contributed by atoms with Gasteiger partial charge in [-0.25, -0.2) is 4.99 Å². The molecule has 0 aromatic carbocycles. The van der Waals surface area contributed by atoms with Crippen LogP contribution in [0.25, 0.3) is 0 Å². The van der Waals surface area contributed by atoms with Crippen molar-refractivity contribution in [3.05, 3.63) is 29.6 Å². The molecule has 1 saturated heterocycles. The standard InChI is InChI=1S/C17H27N5O/c1-3-18-17(20-13-15-8-4-7-14(2)21-15)19-10-6-12-22-11-5-9-16(22)23/h4,7-8H,3,5-6,9-13H2,1-2H3,(H2,18,19,20). The predicted molar refractivity (Wildman–Crippen MR) is 92.2 cm³/mol. The first-order valence-corrected chi connectivity index (χ1v) is 8.41. The van der Waals surface area contributed by atoms with E-state index in [4.69, 9.17) is 0 Å². The molecule has 1 amide bonds. The minimum absolute atomic E-state index is 0.288. The monoisotopic (exact) mass is 317 g/mol. The maximum Gasteiger partial charge on any atom is 0.222 e. The van der Waals surface area contributed by atoms with Crippen LogP contribution in [-0.2, 0) is 11.3 Å². The number of aryl methyl sites for hydroxylation is 1. The van der Waals surface area contributed by atoms with E-state index in [1.54, 1.807) is 0 Å². The van der Waals surface area contributed by atoms with Crippen LogP contribution in [0.5, 0.6) is 0 Å². The SMILES string of the molecule is CCNC(=NCc1cccc(C)n1)NCCCN1CCCC1=O. The number of guanidine groups is 1. The molecule has 1 aromatic heterocycles. The highest BCUT2D eigenvalue weighted by atomic mass is 16.2. The van der Waals surface area contributed by atoms with Gasteiger partial charge in [-0.05, 0) is 38.8 Å². The number of carbonyl (C=O) groups excluding carboxylic acids is 1. The van der Waals surface area contributed by atoms with Gasteiger partial charge in [0.25, 0.3) is 0 Å². The molecule has 23 heavy (non-hydrogen) atoms. The maximum atomic E-state index is 11.6. The first-order chi connectivity index (χ1) is 11.2. The number of amides is 1. The van der Waals surface area contributed by atoms with Gasteiger partial charge in [-0.3, -0.25) is 9.78 Å². The van der Waals surface area contributed by atoms with Crippen molar-refractivity contribution in [1.82, 2.24) is 20.5 Å². The first kappa shape index (κ1) is 17.2. The third kappa shape index (κ3) is 5.88. The van der Waals surface area contributed by atoms with E-state index in [0.29, 0.717) is 13.0 Å². The Labute approximate surface area is 138 Å². The van der Waals surface area contributed by atoms with Crippen molar-refractivity contribution in [3.63, 3.8) is 0 Å². The van der Waals surface area contributed by atoms with Gasteiger partial charge >= 0.3 is 0 Å². The molecular weight excluding hydrogens is 290 g/mol. The molecule has 2 heterocycles. The number of hydrogen-bond donors (Lipinski definition) is 2. The van der Waals surface area contributed by atoms with Crippen molar-refractivity contribution in [2.24, 2.45) is 4.99 Å². The highest BCUT2D eigenvalue weighted by Crippen LogP contribution is 2.09. The lowest BCUT2D eigenvalue weighted by molar-refractivity contribution is -0.127. The minimum Gasteiger partial charge on any atom is -0.357 e. The number of rotatable bonds is 7. The average molecular weight is 317 g/mol. The topological polar surface area (TPSA) is 69.6 Å². The molecule has 126 valence electrons. The minimum atomic E-state index is 0.288. The Morgan fingerprint density at radius 3 is 2.96 bits per heavy atom. The number of nitrogens with zero attached hydrogens (tertiary/aromatic N) is 3. The van der Waals surface area contributed by atoms with Gasteiger partial charge in [-0.15, -0.1) is 0 Å². The van der Waals surface area contributed by atoms with E-state index >= 15 is 0 Å². The molecule has 0 saturated carbocycles. The van der Waals surface area contributed by atoms with Crippen LogP contribution in [0.15, 0.2) is 23.2 Å². The second-order valence-corrected chi connectivity index (χ2v) is 5.73. The normalized spacial score (nSPS) is 15.1. The fourth-order valence-corrected chi connectivity index (χ4v) is 2.61. The van der Waals surface area contributed by atoms with Gasteiger partial charge < -0.3 is 15.5 Å². The molecule has 0 spiro atoms. The van der Waals surface area contributed by atoms with Crippen LogP contribution in [0.4, 0.5) is 0 Å². The molecule has 6 heteroatoms. The Balaban J connectivity index is 1.76. The maximum absolute atomic E-state index is 11.6. The van der Waals surface area contributed by atoms with Crippen molar-refractivity contribution < 1.29 is 4.79 Å². The van der Waals surface area contributed by atoms with Gasteiger partial charge in [-0.1, -0.05) is 6.07 Å². The zero-order valence-electron chi connectivity index (χ0n) is 14.1. The summed E-state index contributed by atoms with van der Waals surface area (Å²) in [4.78, 5) is 22.5. The first-order valence-electron chi connectivity index (χ1n) is 8.41. The summed E-state index contributed by atoms with van der Waals surface area (Å²) in [6, 6.07) is 5.97. The number of aliphatic imine (C=N–C) groups is 1. The van der Waals surface area contributed by atoms with E-state index in [1.165, 1.54) is 0 Å². The summed E-state index contributed by atoms with van der Waals surface area (Å²) in [6.45, 7) is 7.94. The van der Waals surface area contributed by atoms with E-state index in [1.807, 2.05) is 36.9 Å². The summed E-state index contributed by atoms with van der Waals surface area (Å²) in [5.74, 6) is 1.08. The van der Waals surface area contributed by atoms with Crippen LogP contribution in [0.2, 0.25) is 0 Å². The van der Waals surface area contributed by atoms with Gasteiger partial charge in [0.2, 0.25) is 5.91 Å². The summed E-state index contributed by atoms with van der Waals surface area (Å²) in [6.07, 6.45) is 2.64. The van der Waals surface area contributed by atoms with Gasteiger partial charge in [0.15, 0.2) is 5.96 Å². The summed E-state index contributed by atoms with van der Waals surface area (Å²) in [7, 11) is 0. The Morgan fingerprint density at radius 2 is 2.26 bits per heavy atom. The Hall–Kier alpha value is -2.11. The number of carbonyl (C=O) groups is 1. The van der Waals surface area contributed by atoms with Gasteiger partial charge in [0.05, 0.1) is 12.2 Å². The third-order valence-corrected chi connectivity index (χ3v) is 3.76. The molecule has 1 aromatic rings. The highest BCUT2D eigenvalue weighted by molar-refractivity contribution is 5.79. The quantitative estimate of drug-likeness (QED) is 0.454. The van der Waals surface area contributed by atoms with Crippen LogP contribution < -0.4 is 10.6 Å². The summed E-state index contributed by atoms with van der Waals surface area (Å²) < 4.78 is 0. The molecule has 1 aliphatic rings. The Morgan fingerprint density at radius 1 is 1.39 bits per heavy atom. The molecule has 2 rings (SSSR count). The fourth-order valence-electron chi connectivity index (χ4n) is 2.61. The Bertz CT molecular complexity index is 544. The second kappa shape index (κ2) is 9.12. The smallest absolute Gasteiger partial charge is 0.222 e. The molecule has 0 radical (unpaired) electrons. The van der Waals surface area contributed by atoms with Gasteiger partial charge in [0.1, 0.15) is 0 Å². The summed E-state index contributed by atoms with van der Waals surface area (Å²) >= 11 is 0. The van der Waals surface area contributed by atoms with Crippen molar-refractivity contribution in [1.29, 1.82) is 0 Å². The lowest BCUT2D eigenvalue weighted by atomic mass is 10.3. The van der Waals surface area contributed by atoms with Crippen LogP contribution in [-0.4, -0.2) is 47.9 Å². The molecule has 0 unspecified atom stereocenters. The number of pyridine rings is 1. The Kier molecular flexibility index (Phi) is 6.84. The molecule has 1 aliphatic heterocycles. The van der Waals surface area contributed by atoms with Gasteiger partial charge in [-0.2, -0.15) is 0 Å². The van der Waals surface area contributed by atoms with Crippen molar-refractivity contribution in [2.75, 3.05) is 26.2 Å². The number of nitrogens with one attached hydrogen (secondary N) is 2. The van der Waals surface area contributed by atoms with E-state index in [0.717, 1.165) is 56.4 Å². The largest absolute Gasteiger partial charge is 0.357 e. The molecular formula is C17H27N5O. The molecule has 6 nitrogen and oxygen atoms in total. The average Bonchev–Trinajstić information content (AvgIpc) is 2.94. The lowest BCUT2D eigenvalue weighted by Gasteiger charge is -2.16. The summed E-state index contributed by atoms with van der Waals surface area (Å²) in [5.41, 5.74) is 1.97. The number of hydrogen-bond acceptors (Lipinski definition) is 3. The zero-order chi connectivity index (χ0) is 16.5. The molecule has 0 aliphatic carbocycles. The van der Waals surface area contributed by atoms with Crippen molar-refractivity contribution in [2.45, 2.75) is 39.7 Å². The summed E-state index contributed by atoms with van der Waals surface area (Å²) in [5, 5.41) is 6.55. The number of likely N-dealkylation sites (tertiary alicyclic amines) is 1. The van der Waals surface area contributed by atoms with Crippen LogP contribution in [0.3, 0.4) is 0 Å². The van der Waals surface area contributed by atoms with Crippen LogP contribution in [0.1, 0.15) is 37.6 Å². The van der Waals surface area contributed by atoms with Gasteiger partial charge in [0, 0.05) is 38.3 Å². The van der Waals surface area contributed by atoms with Crippen LogP contribution >= 0.6 is 0 Å². The predicted octanol–water partition coefficient (Wildman–Crippen LogP) is 1.46. The van der Waals surface area contributed by atoms with Crippen LogP contribution in [0, 0.1) is 6.92 Å². The third-order valence-electron chi connectivity index (χ3n) is 3.76. The van der Waals surface area contributed by atoms with E-state index in [2.05, 4.69) is 20.6 Å². The molecule has 0 bridgehead atoms. The zero-order valence-corrected chi connectivity index (χ0v) is 14.1.